The molecular formula is C29H32ClN3OS. The highest BCUT2D eigenvalue weighted by molar-refractivity contribution is 8.05. The number of anilines is 1. The number of carbonyl (C=O) groups excluding carboxylic acids is 1. The topological polar surface area (TPSA) is 37.3 Å². The third-order valence-corrected chi connectivity index (χ3v) is 8.60. The summed E-state index contributed by atoms with van der Waals surface area (Å²) in [7, 11) is 0. The van der Waals surface area contributed by atoms with Crippen molar-refractivity contribution in [2.75, 3.05) is 5.32 Å². The van der Waals surface area contributed by atoms with Crippen LogP contribution in [0.3, 0.4) is 0 Å². The maximum absolute atomic E-state index is 13.8. The van der Waals surface area contributed by atoms with Crippen LogP contribution in [-0.2, 0) is 4.79 Å². The van der Waals surface area contributed by atoms with E-state index in [1.807, 2.05) is 36.4 Å². The minimum Gasteiger partial charge on any atom is -0.356 e. The van der Waals surface area contributed by atoms with Crippen molar-refractivity contribution in [1.82, 2.24) is 9.47 Å². The second-order valence-electron chi connectivity index (χ2n) is 9.67. The smallest absolute Gasteiger partial charge is 0.262 e. The highest BCUT2D eigenvalue weighted by Gasteiger charge is 2.43. The van der Waals surface area contributed by atoms with Gasteiger partial charge in [0.05, 0.1) is 4.91 Å². The van der Waals surface area contributed by atoms with Crippen molar-refractivity contribution in [2.24, 2.45) is 5.92 Å². The number of nitrogens with zero attached hydrogens (tertiary/aromatic N) is 2. The molecule has 2 fully saturated rings. The number of carbonyl (C=O) groups is 1. The molecule has 4 nitrogen and oxygen atoms in total. The molecular weight excluding hydrogens is 474 g/mol. The van der Waals surface area contributed by atoms with Gasteiger partial charge in [-0.3, -0.25) is 4.79 Å². The van der Waals surface area contributed by atoms with E-state index in [-0.39, 0.29) is 17.4 Å². The molecule has 1 aromatic heterocycles. The second-order valence-corrected chi connectivity index (χ2v) is 11.2. The lowest BCUT2D eigenvalue weighted by Gasteiger charge is -2.39. The van der Waals surface area contributed by atoms with Gasteiger partial charge in [0.1, 0.15) is 0 Å². The average Bonchev–Trinajstić information content (AvgIpc) is 3.29. The Morgan fingerprint density at radius 2 is 1.80 bits per heavy atom. The molecule has 1 aliphatic heterocycles. The van der Waals surface area contributed by atoms with Crippen molar-refractivity contribution in [1.29, 1.82) is 0 Å². The van der Waals surface area contributed by atoms with Crippen LogP contribution in [0.5, 0.6) is 0 Å². The van der Waals surface area contributed by atoms with Gasteiger partial charge >= 0.3 is 0 Å². The first-order valence-corrected chi connectivity index (χ1v) is 13.7. The molecule has 2 aliphatic rings. The van der Waals surface area contributed by atoms with E-state index in [1.165, 1.54) is 19.3 Å². The van der Waals surface area contributed by atoms with Crippen molar-refractivity contribution in [3.8, 4) is 5.69 Å². The summed E-state index contributed by atoms with van der Waals surface area (Å²) in [4.78, 5) is 16.8. The molecule has 35 heavy (non-hydrogen) atoms. The van der Waals surface area contributed by atoms with Crippen LogP contribution < -0.4 is 5.32 Å². The first-order valence-electron chi connectivity index (χ1n) is 12.4. The van der Waals surface area contributed by atoms with Gasteiger partial charge < -0.3 is 14.8 Å². The molecule has 2 heterocycles. The first-order chi connectivity index (χ1) is 16.9. The number of nitrogens with one attached hydrogen (secondary N) is 1. The molecule has 1 saturated heterocycles. The number of benzene rings is 2. The van der Waals surface area contributed by atoms with Gasteiger partial charge in [0.25, 0.3) is 5.91 Å². The number of aromatic nitrogens is 1. The zero-order valence-electron chi connectivity index (χ0n) is 20.5. The Balaban J connectivity index is 1.49. The summed E-state index contributed by atoms with van der Waals surface area (Å²) in [6, 6.07) is 20.5. The third kappa shape index (κ3) is 4.89. The molecule has 1 unspecified atom stereocenters. The standard InChI is InChI=1S/C29H32ClN3OS/c1-19-10-7-8-15-26(19)33-28(34)27(35-29(33)31-24-12-5-4-6-13-24)17-22-16-20(2)32(21(22)3)25-14-9-11-23(30)18-25/h4-6,9,11-14,16-19,26,29,31H,7-8,10,15H2,1-3H3/b27-17-/t19-,26+,29?/m0/s1. The summed E-state index contributed by atoms with van der Waals surface area (Å²) in [6.07, 6.45) is 6.75. The number of aryl methyl sites for hydroxylation is 1. The van der Waals surface area contributed by atoms with Gasteiger partial charge in [0.2, 0.25) is 0 Å². The summed E-state index contributed by atoms with van der Waals surface area (Å²) in [5.74, 6) is 0.635. The molecule has 3 aromatic rings. The summed E-state index contributed by atoms with van der Waals surface area (Å²) in [5.41, 5.74) is 5.23. The molecule has 6 heteroatoms. The zero-order valence-corrected chi connectivity index (χ0v) is 22.1. The summed E-state index contributed by atoms with van der Waals surface area (Å²) < 4.78 is 2.20. The Kier molecular flexibility index (Phi) is 6.99. The van der Waals surface area contributed by atoms with Crippen molar-refractivity contribution in [2.45, 2.75) is 58.0 Å². The maximum Gasteiger partial charge on any atom is 0.262 e. The lowest BCUT2D eigenvalue weighted by atomic mass is 9.85. The lowest BCUT2D eigenvalue weighted by Crippen LogP contribution is -2.48. The minimum absolute atomic E-state index is 0.113. The normalized spacial score (nSPS) is 23.8. The van der Waals surface area contributed by atoms with Crippen LogP contribution in [0, 0.1) is 19.8 Å². The molecule has 3 atom stereocenters. The van der Waals surface area contributed by atoms with E-state index in [1.54, 1.807) is 11.8 Å². The Hall–Kier alpha value is -2.63. The number of hydrogen-bond acceptors (Lipinski definition) is 3. The summed E-state index contributed by atoms with van der Waals surface area (Å²) in [6.45, 7) is 6.49. The molecule has 182 valence electrons. The molecule has 1 amide bonds. The van der Waals surface area contributed by atoms with E-state index >= 15 is 0 Å². The molecule has 1 aliphatic carbocycles. The fraction of sp³-hybridized carbons (Fsp3) is 0.345. The number of thioether (sulfide) groups is 1. The SMILES string of the molecule is Cc1cc(/C=C2\SC(Nc3ccccc3)N([C@@H]3CCCC[C@@H]3C)C2=O)c(C)n1-c1cccc(Cl)c1. The van der Waals surface area contributed by atoms with Gasteiger partial charge in [-0.1, -0.05) is 67.4 Å². The van der Waals surface area contributed by atoms with Crippen LogP contribution in [0.25, 0.3) is 11.8 Å². The first kappa shape index (κ1) is 24.1. The molecule has 0 bridgehead atoms. The molecule has 1 saturated carbocycles. The van der Waals surface area contributed by atoms with Crippen molar-refractivity contribution in [3.05, 3.63) is 87.5 Å². The summed E-state index contributed by atoms with van der Waals surface area (Å²) >= 11 is 7.89. The predicted octanol–water partition coefficient (Wildman–Crippen LogP) is 7.64. The highest BCUT2D eigenvalue weighted by Crippen LogP contribution is 2.42. The highest BCUT2D eigenvalue weighted by atomic mass is 35.5. The molecule has 1 N–H and O–H groups in total. The quantitative estimate of drug-likeness (QED) is 0.362. The Bertz CT molecular complexity index is 1250. The number of hydrogen-bond donors (Lipinski definition) is 1. The van der Waals surface area contributed by atoms with Gasteiger partial charge in [-0.05, 0) is 80.6 Å². The van der Waals surface area contributed by atoms with Crippen LogP contribution in [0.15, 0.2) is 65.6 Å². The summed E-state index contributed by atoms with van der Waals surface area (Å²) in [5, 5.41) is 4.34. The van der Waals surface area contributed by atoms with Crippen molar-refractivity contribution in [3.63, 3.8) is 0 Å². The molecule has 2 aromatic carbocycles. The Labute approximate surface area is 217 Å². The zero-order chi connectivity index (χ0) is 24.5. The monoisotopic (exact) mass is 505 g/mol. The van der Waals surface area contributed by atoms with E-state index < -0.39 is 0 Å². The average molecular weight is 506 g/mol. The van der Waals surface area contributed by atoms with Crippen LogP contribution in [-0.4, -0.2) is 26.9 Å². The van der Waals surface area contributed by atoms with Gasteiger partial charge in [-0.15, -0.1) is 0 Å². The van der Waals surface area contributed by atoms with Gasteiger partial charge in [-0.2, -0.15) is 0 Å². The van der Waals surface area contributed by atoms with Crippen LogP contribution in [0.4, 0.5) is 5.69 Å². The molecule has 0 spiro atoms. The third-order valence-electron chi connectivity index (χ3n) is 7.25. The number of para-hydroxylation sites is 1. The van der Waals surface area contributed by atoms with Crippen LogP contribution in [0.2, 0.25) is 5.02 Å². The number of rotatable bonds is 5. The Morgan fingerprint density at radius 1 is 1.03 bits per heavy atom. The van der Waals surface area contributed by atoms with E-state index in [9.17, 15) is 4.79 Å². The van der Waals surface area contributed by atoms with Crippen molar-refractivity contribution >= 4 is 41.0 Å². The van der Waals surface area contributed by atoms with E-state index in [0.29, 0.717) is 10.9 Å². The minimum atomic E-state index is -0.113. The van der Waals surface area contributed by atoms with Gasteiger partial charge in [0.15, 0.2) is 5.50 Å². The van der Waals surface area contributed by atoms with Crippen molar-refractivity contribution < 1.29 is 4.79 Å². The second kappa shape index (κ2) is 10.2. The van der Waals surface area contributed by atoms with Crippen LogP contribution in [0.1, 0.15) is 49.6 Å². The fourth-order valence-corrected chi connectivity index (χ4v) is 6.84. The maximum atomic E-state index is 13.8. The van der Waals surface area contributed by atoms with E-state index in [0.717, 1.165) is 39.7 Å². The van der Waals surface area contributed by atoms with E-state index in [2.05, 4.69) is 65.9 Å². The lowest BCUT2D eigenvalue weighted by molar-refractivity contribution is -0.129. The number of amides is 1. The molecule has 0 radical (unpaired) electrons. The molecule has 5 rings (SSSR count). The van der Waals surface area contributed by atoms with E-state index in [4.69, 9.17) is 11.6 Å². The fourth-order valence-electron chi connectivity index (χ4n) is 5.45. The van der Waals surface area contributed by atoms with Crippen LogP contribution >= 0.6 is 23.4 Å². The van der Waals surface area contributed by atoms with Gasteiger partial charge in [0, 0.05) is 33.8 Å². The predicted molar refractivity (Wildman–Crippen MR) is 148 cm³/mol. The largest absolute Gasteiger partial charge is 0.356 e. The Morgan fingerprint density at radius 3 is 2.54 bits per heavy atom. The van der Waals surface area contributed by atoms with Gasteiger partial charge in [-0.25, -0.2) is 0 Å². The number of halogens is 1.